The molecule has 0 saturated heterocycles. The number of hydrogen-bond donors (Lipinski definition) is 2. The predicted molar refractivity (Wildman–Crippen MR) is 56.3 cm³/mol. The van der Waals surface area contributed by atoms with Gasteiger partial charge in [0.25, 0.3) is 5.91 Å². The van der Waals surface area contributed by atoms with Gasteiger partial charge < -0.3 is 10.4 Å². The fraction of sp³-hybridized carbons (Fsp3) is 0.300. The molecule has 3 nitrogen and oxygen atoms in total. The van der Waals surface area contributed by atoms with Gasteiger partial charge in [0.05, 0.1) is 6.61 Å². The molecule has 0 aliphatic rings. The Bertz CT molecular complexity index is 373. The van der Waals surface area contributed by atoms with E-state index in [4.69, 9.17) is 5.11 Å². The van der Waals surface area contributed by atoms with Crippen LogP contribution in [0.1, 0.15) is 21.7 Å². The van der Waals surface area contributed by atoms with Gasteiger partial charge in [-0.15, -0.1) is 11.3 Å². The summed E-state index contributed by atoms with van der Waals surface area (Å²) in [6, 6.07) is 1.81. The molecule has 1 heterocycles. The van der Waals surface area contributed by atoms with Crippen molar-refractivity contribution >= 4 is 17.2 Å². The van der Waals surface area contributed by atoms with Crippen LogP contribution in [-0.2, 0) is 0 Å². The molecule has 0 aliphatic heterocycles. The second-order valence-electron chi connectivity index (χ2n) is 2.52. The highest BCUT2D eigenvalue weighted by molar-refractivity contribution is 7.12. The number of aliphatic hydroxyl groups is 1. The molecule has 0 unspecified atom stereocenters. The van der Waals surface area contributed by atoms with Crippen molar-refractivity contribution in [2.75, 3.05) is 13.7 Å². The largest absolute Gasteiger partial charge is 0.395 e. The third-order valence-electron chi connectivity index (χ3n) is 1.56. The molecule has 1 aromatic heterocycles. The quantitative estimate of drug-likeness (QED) is 0.709. The van der Waals surface area contributed by atoms with Gasteiger partial charge in [-0.1, -0.05) is 11.8 Å². The zero-order valence-corrected chi connectivity index (χ0v) is 8.65. The van der Waals surface area contributed by atoms with E-state index in [9.17, 15) is 4.79 Å². The Hall–Kier alpha value is -1.31. The maximum absolute atomic E-state index is 11.3. The molecule has 2 N–H and O–H groups in total. The summed E-state index contributed by atoms with van der Waals surface area (Å²) in [5.74, 6) is 5.52. The Morgan fingerprint density at radius 1 is 1.71 bits per heavy atom. The summed E-state index contributed by atoms with van der Waals surface area (Å²) < 4.78 is 0. The van der Waals surface area contributed by atoms with Crippen LogP contribution in [0, 0.1) is 11.8 Å². The molecule has 0 saturated carbocycles. The maximum Gasteiger partial charge on any atom is 0.262 e. The lowest BCUT2D eigenvalue weighted by Crippen LogP contribution is -2.17. The lowest BCUT2D eigenvalue weighted by Gasteiger charge is -1.95. The molecule has 0 radical (unpaired) electrons. The highest BCUT2D eigenvalue weighted by Gasteiger charge is 2.08. The van der Waals surface area contributed by atoms with Gasteiger partial charge in [-0.2, -0.15) is 0 Å². The van der Waals surface area contributed by atoms with E-state index >= 15 is 0 Å². The number of hydrogen-bond acceptors (Lipinski definition) is 3. The minimum absolute atomic E-state index is 0.0481. The van der Waals surface area contributed by atoms with Crippen molar-refractivity contribution in [2.45, 2.75) is 6.42 Å². The van der Waals surface area contributed by atoms with Gasteiger partial charge in [-0.25, -0.2) is 0 Å². The number of carbonyl (C=O) groups is 1. The van der Waals surface area contributed by atoms with Gasteiger partial charge in [0.2, 0.25) is 0 Å². The summed E-state index contributed by atoms with van der Waals surface area (Å²) in [5.41, 5.74) is 0.725. The molecule has 74 valence electrons. The number of amides is 1. The minimum atomic E-state index is -0.117. The van der Waals surface area contributed by atoms with E-state index in [1.165, 1.54) is 11.3 Å². The lowest BCUT2D eigenvalue weighted by molar-refractivity contribution is 0.0967. The number of nitrogens with one attached hydrogen (secondary N) is 1. The van der Waals surface area contributed by atoms with Crippen molar-refractivity contribution in [3.8, 4) is 11.8 Å². The molecule has 0 fully saturated rings. The zero-order chi connectivity index (χ0) is 10.4. The van der Waals surface area contributed by atoms with E-state index in [0.29, 0.717) is 11.3 Å². The summed E-state index contributed by atoms with van der Waals surface area (Å²) in [4.78, 5) is 11.9. The van der Waals surface area contributed by atoms with Crippen LogP contribution < -0.4 is 5.32 Å². The second kappa shape index (κ2) is 5.43. The van der Waals surface area contributed by atoms with Gasteiger partial charge in [0.1, 0.15) is 4.88 Å². The number of aliphatic hydroxyl groups excluding tert-OH is 1. The Kier molecular flexibility index (Phi) is 4.17. The minimum Gasteiger partial charge on any atom is -0.395 e. The molecule has 14 heavy (non-hydrogen) atoms. The third-order valence-corrected chi connectivity index (χ3v) is 2.47. The van der Waals surface area contributed by atoms with Crippen molar-refractivity contribution < 1.29 is 9.90 Å². The van der Waals surface area contributed by atoms with Gasteiger partial charge in [-0.3, -0.25) is 4.79 Å². The number of rotatable bonds is 2. The fourth-order valence-corrected chi connectivity index (χ4v) is 1.71. The first kappa shape index (κ1) is 10.8. The van der Waals surface area contributed by atoms with Crippen molar-refractivity contribution in [3.05, 3.63) is 21.9 Å². The average Bonchev–Trinajstić information content (AvgIpc) is 2.65. The van der Waals surface area contributed by atoms with Crippen LogP contribution in [0.4, 0.5) is 0 Å². The lowest BCUT2D eigenvalue weighted by atomic mass is 10.2. The first-order valence-corrected chi connectivity index (χ1v) is 5.07. The van der Waals surface area contributed by atoms with E-state index in [2.05, 4.69) is 17.2 Å². The molecule has 1 amide bonds. The van der Waals surface area contributed by atoms with Crippen LogP contribution in [0.2, 0.25) is 0 Å². The highest BCUT2D eigenvalue weighted by Crippen LogP contribution is 2.15. The standard InChI is InChI=1S/C10H11NO2S/c1-11-10(13)9-8(5-7-14-9)4-2-3-6-12/h5,7,12H,3,6H2,1H3,(H,11,13). The number of carbonyl (C=O) groups excluding carboxylic acids is 1. The Labute approximate surface area is 86.8 Å². The molecule has 4 heteroatoms. The van der Waals surface area contributed by atoms with Crippen molar-refractivity contribution in [3.63, 3.8) is 0 Å². The van der Waals surface area contributed by atoms with Crippen LogP contribution in [-0.4, -0.2) is 24.7 Å². The van der Waals surface area contributed by atoms with Crippen LogP contribution in [0.15, 0.2) is 11.4 Å². The average molecular weight is 209 g/mol. The topological polar surface area (TPSA) is 49.3 Å². The van der Waals surface area contributed by atoms with Crippen LogP contribution in [0.25, 0.3) is 0 Å². The van der Waals surface area contributed by atoms with E-state index in [1.54, 1.807) is 13.1 Å². The Morgan fingerprint density at radius 2 is 2.50 bits per heavy atom. The summed E-state index contributed by atoms with van der Waals surface area (Å²) in [7, 11) is 1.59. The summed E-state index contributed by atoms with van der Waals surface area (Å²) in [6.07, 6.45) is 0.434. The van der Waals surface area contributed by atoms with Gasteiger partial charge in [0.15, 0.2) is 0 Å². The molecular weight excluding hydrogens is 198 g/mol. The first-order chi connectivity index (χ1) is 6.79. The normalized spacial score (nSPS) is 9.00. The van der Waals surface area contributed by atoms with Crippen molar-refractivity contribution in [1.29, 1.82) is 0 Å². The van der Waals surface area contributed by atoms with Crippen LogP contribution in [0.3, 0.4) is 0 Å². The predicted octanol–water partition coefficient (Wildman–Crippen LogP) is 0.842. The molecule has 1 aromatic rings. The summed E-state index contributed by atoms with van der Waals surface area (Å²) in [6.45, 7) is 0.0481. The van der Waals surface area contributed by atoms with E-state index in [0.717, 1.165) is 5.56 Å². The molecular formula is C10H11NO2S. The SMILES string of the molecule is CNC(=O)c1sccc1C#CCCO. The Morgan fingerprint density at radius 3 is 3.14 bits per heavy atom. The first-order valence-electron chi connectivity index (χ1n) is 4.19. The molecule has 0 spiro atoms. The molecule has 1 rings (SSSR count). The number of thiophene rings is 1. The van der Waals surface area contributed by atoms with E-state index in [1.807, 2.05) is 5.38 Å². The van der Waals surface area contributed by atoms with Gasteiger partial charge >= 0.3 is 0 Å². The van der Waals surface area contributed by atoms with Crippen molar-refractivity contribution in [1.82, 2.24) is 5.32 Å². The molecule has 0 atom stereocenters. The molecule has 0 bridgehead atoms. The smallest absolute Gasteiger partial charge is 0.262 e. The zero-order valence-electron chi connectivity index (χ0n) is 7.83. The van der Waals surface area contributed by atoms with Crippen molar-refractivity contribution in [2.24, 2.45) is 0 Å². The third kappa shape index (κ3) is 2.59. The second-order valence-corrected chi connectivity index (χ2v) is 3.43. The van der Waals surface area contributed by atoms with Crippen LogP contribution >= 0.6 is 11.3 Å². The van der Waals surface area contributed by atoms with Gasteiger partial charge in [-0.05, 0) is 11.4 Å². The highest BCUT2D eigenvalue weighted by atomic mass is 32.1. The molecule has 0 aromatic carbocycles. The maximum atomic E-state index is 11.3. The monoisotopic (exact) mass is 209 g/mol. The van der Waals surface area contributed by atoms with Gasteiger partial charge in [0, 0.05) is 19.0 Å². The van der Waals surface area contributed by atoms with Crippen LogP contribution in [0.5, 0.6) is 0 Å². The summed E-state index contributed by atoms with van der Waals surface area (Å²) >= 11 is 1.36. The Balaban J connectivity index is 2.84. The van der Waals surface area contributed by atoms with E-state index in [-0.39, 0.29) is 12.5 Å². The fourth-order valence-electron chi connectivity index (χ4n) is 0.911. The molecule has 0 aliphatic carbocycles. The van der Waals surface area contributed by atoms with E-state index < -0.39 is 0 Å². The summed E-state index contributed by atoms with van der Waals surface area (Å²) in [5, 5.41) is 12.9.